The summed E-state index contributed by atoms with van der Waals surface area (Å²) >= 11 is 12.1. The first-order chi connectivity index (χ1) is 9.60. The predicted octanol–water partition coefficient (Wildman–Crippen LogP) is 4.48. The summed E-state index contributed by atoms with van der Waals surface area (Å²) in [5.41, 5.74) is 0.386. The van der Waals surface area contributed by atoms with Crippen LogP contribution in [0.5, 0.6) is 0 Å². The molecule has 2 rings (SSSR count). The molecule has 0 atom stereocenters. The van der Waals surface area contributed by atoms with Crippen molar-refractivity contribution in [2.45, 2.75) is 4.34 Å². The second kappa shape index (κ2) is 7.21. The van der Waals surface area contributed by atoms with E-state index in [9.17, 15) is 4.79 Å². The van der Waals surface area contributed by atoms with Crippen molar-refractivity contribution in [2.75, 3.05) is 11.1 Å². The van der Waals surface area contributed by atoms with Gasteiger partial charge in [-0.15, -0.1) is 16.8 Å². The Balaban J connectivity index is 2.09. The molecule has 0 bridgehead atoms. The number of thioether (sulfide) groups is 1. The van der Waals surface area contributed by atoms with E-state index >= 15 is 0 Å². The normalized spacial score (nSPS) is 10.3. The van der Waals surface area contributed by atoms with Crippen LogP contribution in [0.4, 0.5) is 5.13 Å². The molecule has 2 aromatic rings. The van der Waals surface area contributed by atoms with Gasteiger partial charge in [0.2, 0.25) is 5.13 Å². The van der Waals surface area contributed by atoms with Crippen molar-refractivity contribution in [1.29, 1.82) is 0 Å². The highest BCUT2D eigenvalue weighted by Gasteiger charge is 2.13. The molecule has 1 N–H and O–H groups in total. The van der Waals surface area contributed by atoms with Crippen molar-refractivity contribution >= 4 is 61.7 Å². The number of rotatable bonds is 5. The van der Waals surface area contributed by atoms with Crippen LogP contribution < -0.4 is 5.32 Å². The molecule has 0 aliphatic rings. The largest absolute Gasteiger partial charge is 0.296 e. The van der Waals surface area contributed by atoms with E-state index in [0.29, 0.717) is 15.7 Å². The van der Waals surface area contributed by atoms with E-state index in [0.717, 1.165) is 14.6 Å². The molecule has 1 amide bonds. The zero-order chi connectivity index (χ0) is 14.5. The Morgan fingerprint density at radius 2 is 2.35 bits per heavy atom. The zero-order valence-electron chi connectivity index (χ0n) is 10.1. The number of amides is 1. The van der Waals surface area contributed by atoms with E-state index in [1.807, 2.05) is 0 Å². The molecule has 0 aliphatic heterocycles. The zero-order valence-corrected chi connectivity index (χ0v) is 14.1. The van der Waals surface area contributed by atoms with Gasteiger partial charge in [0, 0.05) is 10.2 Å². The maximum atomic E-state index is 12.1. The van der Waals surface area contributed by atoms with Crippen molar-refractivity contribution in [2.24, 2.45) is 0 Å². The molecule has 0 unspecified atom stereocenters. The first-order valence-electron chi connectivity index (χ1n) is 5.43. The van der Waals surface area contributed by atoms with E-state index < -0.39 is 0 Å². The van der Waals surface area contributed by atoms with Crippen molar-refractivity contribution in [3.8, 4) is 0 Å². The number of anilines is 1. The van der Waals surface area contributed by atoms with Gasteiger partial charge >= 0.3 is 0 Å². The van der Waals surface area contributed by atoms with Crippen LogP contribution in [0.3, 0.4) is 0 Å². The smallest absolute Gasteiger partial charge is 0.259 e. The number of hydrogen-bond acceptors (Lipinski definition) is 5. The fraction of sp³-hybridized carbons (Fsp3) is 0.0833. The molecule has 8 heteroatoms. The van der Waals surface area contributed by atoms with Gasteiger partial charge in [-0.2, -0.15) is 0 Å². The van der Waals surface area contributed by atoms with Gasteiger partial charge in [-0.3, -0.25) is 10.1 Å². The van der Waals surface area contributed by atoms with Gasteiger partial charge in [0.1, 0.15) is 0 Å². The number of hydrogen-bond donors (Lipinski definition) is 1. The minimum atomic E-state index is -0.312. The standard InChI is InChI=1S/C12H9BrClN3OS2/c1-2-5-19-12-17-16-11(20-12)15-10(18)8-6-7(13)3-4-9(8)14/h2-4,6H,1,5H2,(H,15,16,18). The lowest BCUT2D eigenvalue weighted by molar-refractivity contribution is 0.102. The third-order valence-electron chi connectivity index (χ3n) is 2.12. The highest BCUT2D eigenvalue weighted by atomic mass is 79.9. The van der Waals surface area contributed by atoms with E-state index in [-0.39, 0.29) is 5.91 Å². The molecule has 20 heavy (non-hydrogen) atoms. The number of aromatic nitrogens is 2. The Morgan fingerprint density at radius 1 is 1.55 bits per heavy atom. The van der Waals surface area contributed by atoms with Crippen molar-refractivity contribution in [1.82, 2.24) is 10.2 Å². The van der Waals surface area contributed by atoms with Crippen LogP contribution in [0, 0.1) is 0 Å². The second-order valence-electron chi connectivity index (χ2n) is 3.55. The number of benzene rings is 1. The van der Waals surface area contributed by atoms with Crippen molar-refractivity contribution < 1.29 is 4.79 Å². The summed E-state index contributed by atoms with van der Waals surface area (Å²) in [6.07, 6.45) is 1.78. The summed E-state index contributed by atoms with van der Waals surface area (Å²) in [6.45, 7) is 3.64. The number of nitrogens with one attached hydrogen (secondary N) is 1. The Bertz CT molecular complexity index is 647. The van der Waals surface area contributed by atoms with Crippen LogP contribution in [0.25, 0.3) is 0 Å². The van der Waals surface area contributed by atoms with E-state index in [1.54, 1.807) is 24.3 Å². The molecule has 1 heterocycles. The summed E-state index contributed by atoms with van der Waals surface area (Å²) in [5, 5.41) is 11.4. The molecule has 0 spiro atoms. The first-order valence-corrected chi connectivity index (χ1v) is 8.41. The Morgan fingerprint density at radius 3 is 3.10 bits per heavy atom. The van der Waals surface area contributed by atoms with Gasteiger partial charge in [-0.25, -0.2) is 0 Å². The molecule has 4 nitrogen and oxygen atoms in total. The lowest BCUT2D eigenvalue weighted by Gasteiger charge is -2.04. The van der Waals surface area contributed by atoms with E-state index in [2.05, 4.69) is 38.0 Å². The minimum absolute atomic E-state index is 0.312. The Kier molecular flexibility index (Phi) is 5.59. The molecule has 0 saturated carbocycles. The highest BCUT2D eigenvalue weighted by Crippen LogP contribution is 2.27. The Hall–Kier alpha value is -0.890. The average Bonchev–Trinajstić information content (AvgIpc) is 2.86. The average molecular weight is 391 g/mol. The summed E-state index contributed by atoms with van der Waals surface area (Å²) in [7, 11) is 0. The molecule has 104 valence electrons. The van der Waals surface area contributed by atoms with Crippen LogP contribution in [0.2, 0.25) is 5.02 Å². The SMILES string of the molecule is C=CCSc1nnc(NC(=O)c2cc(Br)ccc2Cl)s1. The molecule has 0 fully saturated rings. The molecular weight excluding hydrogens is 382 g/mol. The van der Waals surface area contributed by atoms with Gasteiger partial charge < -0.3 is 0 Å². The minimum Gasteiger partial charge on any atom is -0.296 e. The van der Waals surface area contributed by atoms with Crippen LogP contribution in [0.15, 0.2) is 39.7 Å². The number of nitrogens with zero attached hydrogens (tertiary/aromatic N) is 2. The lowest BCUT2D eigenvalue weighted by atomic mass is 10.2. The number of carbonyl (C=O) groups excluding carboxylic acids is 1. The van der Waals surface area contributed by atoms with Gasteiger partial charge in [-0.1, -0.05) is 56.7 Å². The molecule has 0 radical (unpaired) electrons. The lowest BCUT2D eigenvalue weighted by Crippen LogP contribution is -2.12. The number of halogens is 2. The highest BCUT2D eigenvalue weighted by molar-refractivity contribution is 9.10. The van der Waals surface area contributed by atoms with Gasteiger partial charge in [0.25, 0.3) is 5.91 Å². The molecular formula is C12H9BrClN3OS2. The third kappa shape index (κ3) is 4.05. The van der Waals surface area contributed by atoms with Gasteiger partial charge in [-0.05, 0) is 18.2 Å². The maximum Gasteiger partial charge on any atom is 0.259 e. The maximum absolute atomic E-state index is 12.1. The summed E-state index contributed by atoms with van der Waals surface area (Å²) < 4.78 is 1.56. The predicted molar refractivity (Wildman–Crippen MR) is 87.9 cm³/mol. The molecule has 0 aliphatic carbocycles. The van der Waals surface area contributed by atoms with E-state index in [4.69, 9.17) is 11.6 Å². The Labute approximate surface area is 137 Å². The molecule has 0 saturated heterocycles. The molecule has 1 aromatic carbocycles. The third-order valence-corrected chi connectivity index (χ3v) is 4.92. The van der Waals surface area contributed by atoms with Gasteiger partial charge in [0.05, 0.1) is 10.6 Å². The summed E-state index contributed by atoms with van der Waals surface area (Å²) in [4.78, 5) is 12.1. The van der Waals surface area contributed by atoms with Crippen LogP contribution >= 0.6 is 50.6 Å². The van der Waals surface area contributed by atoms with E-state index in [1.165, 1.54) is 23.1 Å². The monoisotopic (exact) mass is 389 g/mol. The fourth-order valence-electron chi connectivity index (χ4n) is 1.28. The first kappa shape index (κ1) is 15.5. The van der Waals surface area contributed by atoms with Crippen molar-refractivity contribution in [3.63, 3.8) is 0 Å². The number of carbonyl (C=O) groups is 1. The van der Waals surface area contributed by atoms with Crippen molar-refractivity contribution in [3.05, 3.63) is 45.9 Å². The van der Waals surface area contributed by atoms with Crippen LogP contribution in [-0.4, -0.2) is 21.9 Å². The topological polar surface area (TPSA) is 54.9 Å². The molecule has 1 aromatic heterocycles. The van der Waals surface area contributed by atoms with Crippen LogP contribution in [-0.2, 0) is 0 Å². The van der Waals surface area contributed by atoms with Crippen LogP contribution in [0.1, 0.15) is 10.4 Å². The van der Waals surface area contributed by atoms with Gasteiger partial charge in [0.15, 0.2) is 4.34 Å². The fourth-order valence-corrected chi connectivity index (χ4v) is 3.36. The second-order valence-corrected chi connectivity index (χ2v) is 7.12. The summed E-state index contributed by atoms with van der Waals surface area (Å²) in [5.74, 6) is 0.438. The summed E-state index contributed by atoms with van der Waals surface area (Å²) in [6, 6.07) is 5.09. The quantitative estimate of drug-likeness (QED) is 0.464.